The summed E-state index contributed by atoms with van der Waals surface area (Å²) in [5.74, 6) is 0.228. The monoisotopic (exact) mass is 400 g/mol. The molecular weight excluding hydrogens is 387 g/mol. The van der Waals surface area contributed by atoms with Crippen LogP contribution in [0.25, 0.3) is 16.0 Å². The van der Waals surface area contributed by atoms with Gasteiger partial charge in [-0.2, -0.15) is 0 Å². The van der Waals surface area contributed by atoms with Gasteiger partial charge in [-0.25, -0.2) is 14.4 Å². The largest absolute Gasteiger partial charge is 0.327 e. The van der Waals surface area contributed by atoms with Gasteiger partial charge in [-0.1, -0.05) is 17.8 Å². The zero-order valence-corrected chi connectivity index (χ0v) is 15.7. The van der Waals surface area contributed by atoms with Crippen molar-refractivity contribution in [2.45, 2.75) is 17.8 Å². The van der Waals surface area contributed by atoms with E-state index in [2.05, 4.69) is 15.0 Å². The second-order valence-electron chi connectivity index (χ2n) is 5.81. The van der Waals surface area contributed by atoms with Gasteiger partial charge >= 0.3 is 0 Å². The number of aromatic amines is 1. The normalized spacial score (nSPS) is 11.2. The van der Waals surface area contributed by atoms with Crippen LogP contribution in [0.15, 0.2) is 56.8 Å². The first-order valence-electron chi connectivity index (χ1n) is 7.96. The van der Waals surface area contributed by atoms with Gasteiger partial charge in [0.15, 0.2) is 10.8 Å². The fraction of sp³-hybridized carbons (Fsp3) is 0.111. The van der Waals surface area contributed by atoms with E-state index in [-0.39, 0.29) is 16.9 Å². The van der Waals surface area contributed by atoms with Crippen molar-refractivity contribution in [3.8, 4) is 5.69 Å². The lowest BCUT2D eigenvalue weighted by atomic mass is 10.1. The van der Waals surface area contributed by atoms with Crippen molar-refractivity contribution in [3.63, 3.8) is 0 Å². The second-order valence-corrected chi connectivity index (χ2v) is 7.61. The molecule has 136 valence electrons. The van der Waals surface area contributed by atoms with E-state index in [1.165, 1.54) is 52.1 Å². The van der Waals surface area contributed by atoms with E-state index in [1.54, 1.807) is 17.6 Å². The van der Waals surface area contributed by atoms with Crippen LogP contribution >= 0.6 is 23.1 Å². The third kappa shape index (κ3) is 3.43. The molecule has 0 aliphatic heterocycles. The number of pyridine rings is 1. The van der Waals surface area contributed by atoms with Gasteiger partial charge in [0.1, 0.15) is 10.5 Å². The van der Waals surface area contributed by atoms with Crippen LogP contribution in [0.3, 0.4) is 0 Å². The highest BCUT2D eigenvalue weighted by Gasteiger charge is 2.16. The van der Waals surface area contributed by atoms with Crippen molar-refractivity contribution < 1.29 is 4.39 Å². The average Bonchev–Trinajstić information content (AvgIpc) is 3.11. The molecule has 0 unspecified atom stereocenters. The van der Waals surface area contributed by atoms with Crippen molar-refractivity contribution in [2.75, 3.05) is 0 Å². The van der Waals surface area contributed by atoms with Crippen LogP contribution < -0.4 is 11.1 Å². The van der Waals surface area contributed by atoms with Gasteiger partial charge < -0.3 is 4.98 Å². The number of hydrogen-bond donors (Lipinski definition) is 1. The third-order valence-corrected chi connectivity index (χ3v) is 5.82. The number of nitrogens with one attached hydrogen (secondary N) is 1. The number of aryl methyl sites for hydroxylation is 1. The predicted octanol–water partition coefficient (Wildman–Crippen LogP) is 3.27. The summed E-state index contributed by atoms with van der Waals surface area (Å²) in [4.78, 5) is 35.6. The number of aromatic nitrogens is 4. The van der Waals surface area contributed by atoms with Crippen molar-refractivity contribution in [1.82, 2.24) is 19.5 Å². The number of fused-ring (bicyclic) bond motifs is 1. The van der Waals surface area contributed by atoms with Crippen LogP contribution in [0.4, 0.5) is 4.39 Å². The molecule has 6 nitrogen and oxygen atoms in total. The molecule has 1 N–H and O–H groups in total. The topological polar surface area (TPSA) is 80.6 Å². The Morgan fingerprint density at radius 2 is 2.11 bits per heavy atom. The molecule has 1 aromatic carbocycles. The Kier molecular flexibility index (Phi) is 4.63. The molecule has 0 saturated heterocycles. The molecule has 0 spiro atoms. The van der Waals surface area contributed by atoms with Gasteiger partial charge in [0, 0.05) is 18.0 Å². The molecule has 0 fully saturated rings. The minimum Gasteiger partial charge on any atom is -0.327 e. The average molecular weight is 400 g/mol. The van der Waals surface area contributed by atoms with E-state index >= 15 is 0 Å². The Morgan fingerprint density at radius 1 is 1.26 bits per heavy atom. The first-order chi connectivity index (χ1) is 13.0. The van der Waals surface area contributed by atoms with E-state index in [0.717, 1.165) is 11.1 Å². The molecule has 3 heterocycles. The van der Waals surface area contributed by atoms with Gasteiger partial charge in [0.25, 0.3) is 5.56 Å². The number of nitrogens with zero attached hydrogens (tertiary/aromatic N) is 3. The summed E-state index contributed by atoms with van der Waals surface area (Å²) in [6.07, 6.45) is 1.48. The molecule has 3 aromatic heterocycles. The Morgan fingerprint density at radius 3 is 2.85 bits per heavy atom. The molecule has 0 aliphatic rings. The smallest absolute Gasteiger partial charge is 0.278 e. The van der Waals surface area contributed by atoms with E-state index < -0.39 is 0 Å². The highest BCUT2D eigenvalue weighted by atomic mass is 32.2. The number of halogens is 1. The molecule has 0 amide bonds. The van der Waals surface area contributed by atoms with Crippen molar-refractivity contribution in [3.05, 3.63) is 79.7 Å². The number of benzene rings is 1. The van der Waals surface area contributed by atoms with Crippen LogP contribution in [0.2, 0.25) is 0 Å². The maximum Gasteiger partial charge on any atom is 0.278 e. The first-order valence-corrected chi connectivity index (χ1v) is 9.82. The van der Waals surface area contributed by atoms with Gasteiger partial charge in [-0.3, -0.25) is 14.2 Å². The molecule has 0 atom stereocenters. The molecular formula is C18H13FN4O2S2. The second kappa shape index (κ2) is 7.09. The summed E-state index contributed by atoms with van der Waals surface area (Å²) in [5, 5.41) is 0.453. The number of rotatable bonds is 4. The fourth-order valence-corrected chi connectivity index (χ4v) is 4.36. The lowest BCUT2D eigenvalue weighted by Gasteiger charge is -2.12. The van der Waals surface area contributed by atoms with E-state index in [9.17, 15) is 14.0 Å². The SMILES string of the molecule is Cc1cc(F)ccc1CSc1nc2ncsc2c(=O)n1-c1ccc(=O)[nH]c1. The third-order valence-electron chi connectivity index (χ3n) is 4.03. The quantitative estimate of drug-likeness (QED) is 0.420. The molecule has 9 heteroatoms. The summed E-state index contributed by atoms with van der Waals surface area (Å²) in [6.45, 7) is 1.84. The first kappa shape index (κ1) is 17.6. The molecule has 0 aliphatic carbocycles. The van der Waals surface area contributed by atoms with Gasteiger partial charge in [0.2, 0.25) is 5.56 Å². The minimum atomic E-state index is -0.284. The maximum atomic E-state index is 13.3. The van der Waals surface area contributed by atoms with E-state index in [1.807, 2.05) is 6.92 Å². The van der Waals surface area contributed by atoms with Crippen LogP contribution in [0.1, 0.15) is 11.1 Å². The fourth-order valence-electron chi connectivity index (χ4n) is 2.62. The van der Waals surface area contributed by atoms with Crippen LogP contribution in [0.5, 0.6) is 0 Å². The summed E-state index contributed by atoms with van der Waals surface area (Å²) in [7, 11) is 0. The minimum absolute atomic E-state index is 0.243. The van der Waals surface area contributed by atoms with Gasteiger partial charge in [0.05, 0.1) is 11.2 Å². The molecule has 27 heavy (non-hydrogen) atoms. The molecule has 4 rings (SSSR count). The van der Waals surface area contributed by atoms with Crippen LogP contribution in [-0.2, 0) is 5.75 Å². The van der Waals surface area contributed by atoms with Gasteiger partial charge in [-0.05, 0) is 36.2 Å². The highest BCUT2D eigenvalue weighted by Crippen LogP contribution is 2.26. The highest BCUT2D eigenvalue weighted by molar-refractivity contribution is 7.98. The molecule has 0 bridgehead atoms. The summed E-state index contributed by atoms with van der Waals surface area (Å²) in [6, 6.07) is 7.54. The van der Waals surface area contributed by atoms with Gasteiger partial charge in [-0.15, -0.1) is 11.3 Å². The Bertz CT molecular complexity index is 1240. The number of thioether (sulfide) groups is 1. The molecule has 4 aromatic rings. The molecule has 0 radical (unpaired) electrons. The van der Waals surface area contributed by atoms with Crippen molar-refractivity contribution in [2.24, 2.45) is 0 Å². The standard InChI is InChI=1S/C18H13FN4O2S2/c1-10-6-12(19)3-2-11(10)8-26-18-22-16-15(27-9-21-16)17(25)23(18)13-4-5-14(24)20-7-13/h2-7,9H,8H2,1H3,(H,20,24). The number of H-pyrrole nitrogens is 1. The Labute approximate surface area is 160 Å². The summed E-state index contributed by atoms with van der Waals surface area (Å²) >= 11 is 2.58. The zero-order valence-electron chi connectivity index (χ0n) is 14.1. The number of thiazole rings is 1. The summed E-state index contributed by atoms with van der Waals surface area (Å²) in [5.41, 5.74) is 3.76. The molecule has 0 saturated carbocycles. The van der Waals surface area contributed by atoms with Crippen molar-refractivity contribution >= 4 is 33.4 Å². The zero-order chi connectivity index (χ0) is 19.0. The summed E-state index contributed by atoms with van der Waals surface area (Å²) < 4.78 is 15.2. The number of hydrogen-bond acceptors (Lipinski definition) is 6. The van der Waals surface area contributed by atoms with E-state index in [4.69, 9.17) is 0 Å². The maximum absolute atomic E-state index is 13.3. The lowest BCUT2D eigenvalue weighted by Crippen LogP contribution is -2.22. The van der Waals surface area contributed by atoms with Crippen LogP contribution in [0, 0.1) is 12.7 Å². The van der Waals surface area contributed by atoms with Crippen LogP contribution in [-0.4, -0.2) is 19.5 Å². The Hall–Kier alpha value is -2.78. The lowest BCUT2D eigenvalue weighted by molar-refractivity contribution is 0.626. The van der Waals surface area contributed by atoms with Crippen molar-refractivity contribution in [1.29, 1.82) is 0 Å². The Balaban J connectivity index is 1.81. The predicted molar refractivity (Wildman–Crippen MR) is 104 cm³/mol. The van der Waals surface area contributed by atoms with E-state index in [0.29, 0.717) is 26.9 Å².